The van der Waals surface area contributed by atoms with Crippen LogP contribution in [-0.4, -0.2) is 27.4 Å². The summed E-state index contributed by atoms with van der Waals surface area (Å²) in [5.41, 5.74) is -2.96. The standard InChI is InChI=1S/C12H10ClF3N2O3S/c13-7-6(12(14,15)16)4-5-8(9(7)22-3-1-2-19)17-11(21)18-10(5)20/h4,19H,1-3H2,(H2,17,18,20,21). The first kappa shape index (κ1) is 16.9. The Kier molecular flexibility index (Phi) is 4.88. The van der Waals surface area contributed by atoms with Crippen molar-refractivity contribution in [2.75, 3.05) is 12.4 Å². The Balaban J connectivity index is 2.78. The van der Waals surface area contributed by atoms with Gasteiger partial charge in [-0.15, -0.1) is 11.8 Å². The van der Waals surface area contributed by atoms with Crippen LogP contribution in [0.5, 0.6) is 0 Å². The summed E-state index contributed by atoms with van der Waals surface area (Å²) in [6.07, 6.45) is -4.41. The number of aromatic nitrogens is 2. The molecule has 0 atom stereocenters. The van der Waals surface area contributed by atoms with E-state index < -0.39 is 28.0 Å². The highest BCUT2D eigenvalue weighted by molar-refractivity contribution is 7.99. The van der Waals surface area contributed by atoms with Crippen LogP contribution in [0.25, 0.3) is 10.9 Å². The van der Waals surface area contributed by atoms with Gasteiger partial charge in [-0.1, -0.05) is 11.6 Å². The Labute approximate surface area is 130 Å². The van der Waals surface area contributed by atoms with Gasteiger partial charge >= 0.3 is 11.9 Å². The highest BCUT2D eigenvalue weighted by Crippen LogP contribution is 2.42. The molecule has 1 aromatic carbocycles. The van der Waals surface area contributed by atoms with E-state index in [1.165, 1.54) is 0 Å². The predicted molar refractivity (Wildman–Crippen MR) is 77.6 cm³/mol. The molecule has 2 aromatic rings. The number of rotatable bonds is 4. The molecule has 22 heavy (non-hydrogen) atoms. The highest BCUT2D eigenvalue weighted by Gasteiger charge is 2.35. The summed E-state index contributed by atoms with van der Waals surface area (Å²) in [5, 5.41) is 7.88. The summed E-state index contributed by atoms with van der Waals surface area (Å²) in [5.74, 6) is 0.279. The second-order valence-electron chi connectivity index (χ2n) is 4.32. The fourth-order valence-electron chi connectivity index (χ4n) is 1.83. The van der Waals surface area contributed by atoms with Gasteiger partial charge in [0.1, 0.15) is 0 Å². The zero-order valence-electron chi connectivity index (χ0n) is 10.9. The van der Waals surface area contributed by atoms with E-state index in [-0.39, 0.29) is 28.2 Å². The molecular formula is C12H10ClF3N2O3S. The molecule has 0 spiro atoms. The van der Waals surface area contributed by atoms with Crippen LogP contribution >= 0.6 is 23.4 Å². The molecule has 0 fully saturated rings. The number of aliphatic hydroxyl groups is 1. The molecule has 0 aliphatic carbocycles. The maximum atomic E-state index is 13.0. The second kappa shape index (κ2) is 6.35. The number of thioether (sulfide) groups is 1. The van der Waals surface area contributed by atoms with Crippen molar-refractivity contribution in [2.45, 2.75) is 17.5 Å². The van der Waals surface area contributed by atoms with Crippen LogP contribution in [0, 0.1) is 0 Å². The summed E-state index contributed by atoms with van der Waals surface area (Å²) >= 11 is 6.75. The largest absolute Gasteiger partial charge is 0.417 e. The molecule has 0 aliphatic rings. The molecule has 3 N–H and O–H groups in total. The Bertz CT molecular complexity index is 816. The number of aromatic amines is 2. The first-order valence-electron chi connectivity index (χ1n) is 6.05. The quantitative estimate of drug-likeness (QED) is 0.581. The van der Waals surface area contributed by atoms with Gasteiger partial charge in [0, 0.05) is 12.4 Å². The average Bonchev–Trinajstić information content (AvgIpc) is 2.39. The number of aliphatic hydroxyl groups excluding tert-OH is 1. The van der Waals surface area contributed by atoms with Crippen LogP contribution in [0.15, 0.2) is 20.6 Å². The van der Waals surface area contributed by atoms with E-state index in [2.05, 4.69) is 4.98 Å². The lowest BCUT2D eigenvalue weighted by Gasteiger charge is -2.14. The monoisotopic (exact) mass is 354 g/mol. The van der Waals surface area contributed by atoms with Crippen LogP contribution in [0.4, 0.5) is 13.2 Å². The molecule has 1 heterocycles. The number of alkyl halides is 3. The first-order chi connectivity index (χ1) is 10.3. The zero-order chi connectivity index (χ0) is 16.5. The lowest BCUT2D eigenvalue weighted by molar-refractivity contribution is -0.137. The number of halogens is 4. The lowest BCUT2D eigenvalue weighted by atomic mass is 10.1. The van der Waals surface area contributed by atoms with Crippen molar-refractivity contribution >= 4 is 34.3 Å². The van der Waals surface area contributed by atoms with Crippen molar-refractivity contribution in [3.05, 3.63) is 37.5 Å². The third-order valence-corrected chi connectivity index (χ3v) is 4.48. The normalized spacial score (nSPS) is 12.0. The maximum absolute atomic E-state index is 13.0. The Hall–Kier alpha value is -1.45. The fourth-order valence-corrected chi connectivity index (χ4v) is 3.27. The molecule has 1 aromatic heterocycles. The molecule has 0 saturated carbocycles. The van der Waals surface area contributed by atoms with Crippen molar-refractivity contribution in [3.8, 4) is 0 Å². The van der Waals surface area contributed by atoms with Gasteiger partial charge in [0.25, 0.3) is 5.56 Å². The minimum Gasteiger partial charge on any atom is -0.396 e. The van der Waals surface area contributed by atoms with Crippen LogP contribution < -0.4 is 11.2 Å². The smallest absolute Gasteiger partial charge is 0.396 e. The predicted octanol–water partition coefficient (Wildman–Crippen LogP) is 2.36. The van der Waals surface area contributed by atoms with Crippen LogP contribution in [-0.2, 0) is 6.18 Å². The van der Waals surface area contributed by atoms with E-state index in [9.17, 15) is 22.8 Å². The van der Waals surface area contributed by atoms with Crippen molar-refractivity contribution in [3.63, 3.8) is 0 Å². The molecule has 10 heteroatoms. The highest BCUT2D eigenvalue weighted by atomic mass is 35.5. The van der Waals surface area contributed by atoms with Gasteiger partial charge in [-0.25, -0.2) is 4.79 Å². The van der Waals surface area contributed by atoms with E-state index in [0.717, 1.165) is 11.8 Å². The molecule has 0 saturated heterocycles. The first-order valence-corrected chi connectivity index (χ1v) is 7.41. The van der Waals surface area contributed by atoms with Crippen molar-refractivity contribution in [1.29, 1.82) is 0 Å². The molecule has 2 rings (SSSR count). The number of H-pyrrole nitrogens is 2. The average molecular weight is 355 g/mol. The minimum atomic E-state index is -4.74. The van der Waals surface area contributed by atoms with Crippen molar-refractivity contribution < 1.29 is 18.3 Å². The van der Waals surface area contributed by atoms with Gasteiger partial charge in [0.15, 0.2) is 0 Å². The van der Waals surface area contributed by atoms with Gasteiger partial charge in [-0.05, 0) is 12.5 Å². The number of benzene rings is 1. The summed E-state index contributed by atoms with van der Waals surface area (Å²) < 4.78 is 39.1. The van der Waals surface area contributed by atoms with E-state index in [0.29, 0.717) is 12.5 Å². The number of nitrogens with one attached hydrogen (secondary N) is 2. The Morgan fingerprint density at radius 2 is 1.95 bits per heavy atom. The number of fused-ring (bicyclic) bond motifs is 1. The molecule has 0 bridgehead atoms. The topological polar surface area (TPSA) is 85.9 Å². The molecule has 0 unspecified atom stereocenters. The maximum Gasteiger partial charge on any atom is 0.417 e. The number of hydrogen-bond acceptors (Lipinski definition) is 4. The lowest BCUT2D eigenvalue weighted by Crippen LogP contribution is -2.23. The Morgan fingerprint density at radius 1 is 1.27 bits per heavy atom. The molecule has 0 aliphatic heterocycles. The Morgan fingerprint density at radius 3 is 2.55 bits per heavy atom. The van der Waals surface area contributed by atoms with Crippen molar-refractivity contribution in [2.24, 2.45) is 0 Å². The van der Waals surface area contributed by atoms with Crippen LogP contribution in [0.3, 0.4) is 0 Å². The summed E-state index contributed by atoms with van der Waals surface area (Å²) in [4.78, 5) is 27.2. The van der Waals surface area contributed by atoms with E-state index in [1.54, 1.807) is 0 Å². The summed E-state index contributed by atoms with van der Waals surface area (Å²) in [6, 6.07) is 0.614. The zero-order valence-corrected chi connectivity index (χ0v) is 12.5. The van der Waals surface area contributed by atoms with Crippen molar-refractivity contribution in [1.82, 2.24) is 9.97 Å². The van der Waals surface area contributed by atoms with Gasteiger partial charge in [-0.2, -0.15) is 13.2 Å². The van der Waals surface area contributed by atoms with Gasteiger partial charge < -0.3 is 10.1 Å². The van der Waals surface area contributed by atoms with E-state index >= 15 is 0 Å². The van der Waals surface area contributed by atoms with Crippen LogP contribution in [0.2, 0.25) is 5.02 Å². The number of hydrogen-bond donors (Lipinski definition) is 3. The minimum absolute atomic E-state index is 0.0388. The third kappa shape index (κ3) is 3.31. The van der Waals surface area contributed by atoms with Gasteiger partial charge in [0.2, 0.25) is 0 Å². The molecule has 120 valence electrons. The van der Waals surface area contributed by atoms with E-state index in [4.69, 9.17) is 16.7 Å². The molecule has 0 radical (unpaired) electrons. The molecular weight excluding hydrogens is 345 g/mol. The van der Waals surface area contributed by atoms with E-state index in [1.807, 2.05) is 4.98 Å². The summed E-state index contributed by atoms with van der Waals surface area (Å²) in [6.45, 7) is -0.140. The third-order valence-electron chi connectivity index (χ3n) is 2.79. The summed E-state index contributed by atoms with van der Waals surface area (Å²) in [7, 11) is 0. The second-order valence-corrected chi connectivity index (χ2v) is 5.80. The van der Waals surface area contributed by atoms with Gasteiger partial charge in [0.05, 0.1) is 26.4 Å². The van der Waals surface area contributed by atoms with Gasteiger partial charge in [-0.3, -0.25) is 9.78 Å². The fraction of sp³-hybridized carbons (Fsp3) is 0.333. The molecule has 0 amide bonds. The molecule has 5 nitrogen and oxygen atoms in total. The SMILES string of the molecule is O=c1[nH]c(=O)c2cc(C(F)(F)F)c(Cl)c(SCCCO)c2[nH]1. The van der Waals surface area contributed by atoms with Crippen LogP contribution in [0.1, 0.15) is 12.0 Å².